The molecule has 6 nitrogen and oxygen atoms in total. The van der Waals surface area contributed by atoms with E-state index in [0.29, 0.717) is 18.8 Å². The van der Waals surface area contributed by atoms with Crippen LogP contribution < -0.4 is 11.3 Å². The van der Waals surface area contributed by atoms with Gasteiger partial charge in [0.15, 0.2) is 5.82 Å². The fraction of sp³-hybridized carbons (Fsp3) is 0.444. The molecule has 3 N–H and O–H groups in total. The summed E-state index contributed by atoms with van der Waals surface area (Å²) in [5, 5.41) is 0. The topological polar surface area (TPSA) is 84.1 Å². The molecule has 0 radical (unpaired) electrons. The van der Waals surface area contributed by atoms with E-state index in [4.69, 9.17) is 5.84 Å². The number of rotatable bonds is 3. The maximum Gasteiger partial charge on any atom is 0.222 e. The van der Waals surface area contributed by atoms with E-state index in [9.17, 15) is 4.79 Å². The lowest BCUT2D eigenvalue weighted by atomic mass is 10.4. The van der Waals surface area contributed by atoms with Gasteiger partial charge < -0.3 is 10.3 Å². The highest BCUT2D eigenvalue weighted by Gasteiger charge is 2.20. The number of carbonyl (C=O) groups is 1. The Hall–Kier alpha value is -1.69. The number of nitrogens with one attached hydrogen (secondary N) is 1. The number of nitrogens with zero attached hydrogens (tertiary/aromatic N) is 3. The van der Waals surface area contributed by atoms with Gasteiger partial charge in [-0.2, -0.15) is 0 Å². The lowest BCUT2D eigenvalue weighted by Crippen LogP contribution is -2.24. The molecule has 2 heterocycles. The van der Waals surface area contributed by atoms with Gasteiger partial charge in [-0.3, -0.25) is 9.78 Å². The summed E-state index contributed by atoms with van der Waals surface area (Å²) in [6.07, 6.45) is 4.77. The normalized spacial score (nSPS) is 15.8. The first kappa shape index (κ1) is 9.85. The van der Waals surface area contributed by atoms with Gasteiger partial charge >= 0.3 is 0 Å². The molecule has 2 rings (SSSR count). The predicted molar refractivity (Wildman–Crippen MR) is 54.5 cm³/mol. The highest BCUT2D eigenvalue weighted by Crippen LogP contribution is 2.12. The first-order valence-corrected chi connectivity index (χ1v) is 4.85. The molecule has 15 heavy (non-hydrogen) atoms. The maximum absolute atomic E-state index is 11.3. The molecule has 1 aromatic heterocycles. The molecular weight excluding hydrogens is 194 g/mol. The summed E-state index contributed by atoms with van der Waals surface area (Å²) in [4.78, 5) is 21.3. The standard InChI is InChI=1S/C9H13N5O/c10-13-8-5-11-7(4-12-8)6-14-3-1-2-9(14)15/h4-5H,1-3,6,10H2,(H,12,13). The lowest BCUT2D eigenvalue weighted by molar-refractivity contribution is -0.128. The first-order valence-electron chi connectivity index (χ1n) is 4.85. The van der Waals surface area contributed by atoms with E-state index in [1.54, 1.807) is 17.3 Å². The molecule has 80 valence electrons. The van der Waals surface area contributed by atoms with Crippen LogP contribution in [0.5, 0.6) is 0 Å². The van der Waals surface area contributed by atoms with Crippen molar-refractivity contribution in [3.05, 3.63) is 18.1 Å². The van der Waals surface area contributed by atoms with Crippen molar-refractivity contribution in [2.24, 2.45) is 5.84 Å². The van der Waals surface area contributed by atoms with Gasteiger partial charge in [-0.15, -0.1) is 0 Å². The minimum Gasteiger partial charge on any atom is -0.337 e. The van der Waals surface area contributed by atoms with Crippen molar-refractivity contribution in [3.63, 3.8) is 0 Å². The number of likely N-dealkylation sites (tertiary alicyclic amines) is 1. The van der Waals surface area contributed by atoms with Gasteiger partial charge in [-0.05, 0) is 6.42 Å². The van der Waals surface area contributed by atoms with Crippen molar-refractivity contribution in [2.45, 2.75) is 19.4 Å². The molecular formula is C9H13N5O. The molecule has 0 aliphatic carbocycles. The Bertz CT molecular complexity index is 350. The molecule has 1 fully saturated rings. The molecule has 1 aromatic rings. The van der Waals surface area contributed by atoms with Crippen LogP contribution in [0, 0.1) is 0 Å². The third-order valence-corrected chi connectivity index (χ3v) is 2.38. The number of hydrogen-bond donors (Lipinski definition) is 2. The third kappa shape index (κ3) is 2.21. The maximum atomic E-state index is 11.3. The molecule has 0 unspecified atom stereocenters. The summed E-state index contributed by atoms with van der Waals surface area (Å²) < 4.78 is 0. The van der Waals surface area contributed by atoms with Gasteiger partial charge in [0.05, 0.1) is 24.6 Å². The van der Waals surface area contributed by atoms with Crippen molar-refractivity contribution in [1.29, 1.82) is 0 Å². The molecule has 1 aliphatic rings. The first-order chi connectivity index (χ1) is 7.29. The minimum absolute atomic E-state index is 0.192. The van der Waals surface area contributed by atoms with E-state index in [-0.39, 0.29) is 5.91 Å². The minimum atomic E-state index is 0.192. The zero-order valence-electron chi connectivity index (χ0n) is 8.31. The van der Waals surface area contributed by atoms with Crippen LogP contribution in [0.3, 0.4) is 0 Å². The Morgan fingerprint density at radius 2 is 2.33 bits per heavy atom. The number of aromatic nitrogens is 2. The van der Waals surface area contributed by atoms with Crippen molar-refractivity contribution in [1.82, 2.24) is 14.9 Å². The number of hydrogen-bond acceptors (Lipinski definition) is 5. The summed E-state index contributed by atoms with van der Waals surface area (Å²) in [7, 11) is 0. The highest BCUT2D eigenvalue weighted by atomic mass is 16.2. The van der Waals surface area contributed by atoms with Gasteiger partial charge in [0, 0.05) is 13.0 Å². The molecule has 1 amide bonds. The van der Waals surface area contributed by atoms with Crippen molar-refractivity contribution >= 4 is 11.7 Å². The van der Waals surface area contributed by atoms with E-state index in [1.807, 2.05) is 0 Å². The molecule has 0 saturated carbocycles. The Kier molecular flexibility index (Phi) is 2.77. The van der Waals surface area contributed by atoms with Crippen LogP contribution in [0.15, 0.2) is 12.4 Å². The average molecular weight is 207 g/mol. The van der Waals surface area contributed by atoms with Gasteiger partial charge in [0.25, 0.3) is 0 Å². The van der Waals surface area contributed by atoms with Crippen LogP contribution in [0.25, 0.3) is 0 Å². The second-order valence-electron chi connectivity index (χ2n) is 3.46. The number of nitrogens with two attached hydrogens (primary N) is 1. The second-order valence-corrected chi connectivity index (χ2v) is 3.46. The fourth-order valence-corrected chi connectivity index (χ4v) is 1.58. The van der Waals surface area contributed by atoms with E-state index >= 15 is 0 Å². The predicted octanol–water partition coefficient (Wildman–Crippen LogP) is -0.115. The summed E-state index contributed by atoms with van der Waals surface area (Å²) in [5.41, 5.74) is 3.18. The van der Waals surface area contributed by atoms with E-state index in [2.05, 4.69) is 15.4 Å². The van der Waals surface area contributed by atoms with Crippen LogP contribution in [-0.4, -0.2) is 27.3 Å². The quantitative estimate of drug-likeness (QED) is 0.533. The van der Waals surface area contributed by atoms with E-state index < -0.39 is 0 Å². The molecule has 0 aromatic carbocycles. The average Bonchev–Trinajstić information content (AvgIpc) is 2.66. The summed E-state index contributed by atoms with van der Waals surface area (Å²) in [6, 6.07) is 0. The van der Waals surface area contributed by atoms with Crippen LogP contribution in [0.1, 0.15) is 18.5 Å². The summed E-state index contributed by atoms with van der Waals surface area (Å²) in [6.45, 7) is 1.36. The monoisotopic (exact) mass is 207 g/mol. The highest BCUT2D eigenvalue weighted by molar-refractivity contribution is 5.77. The van der Waals surface area contributed by atoms with Gasteiger partial charge in [0.2, 0.25) is 5.91 Å². The number of carbonyl (C=O) groups excluding carboxylic acids is 1. The fourth-order valence-electron chi connectivity index (χ4n) is 1.58. The van der Waals surface area contributed by atoms with Crippen molar-refractivity contribution in [2.75, 3.05) is 12.0 Å². The lowest BCUT2D eigenvalue weighted by Gasteiger charge is -2.14. The number of amides is 1. The number of hydrazine groups is 1. The van der Waals surface area contributed by atoms with E-state index in [1.165, 1.54) is 0 Å². The number of anilines is 1. The van der Waals surface area contributed by atoms with Gasteiger partial charge in [-0.25, -0.2) is 10.8 Å². The van der Waals surface area contributed by atoms with Crippen LogP contribution in [0.2, 0.25) is 0 Å². The molecule has 0 atom stereocenters. The second kappa shape index (κ2) is 4.22. The molecule has 0 spiro atoms. The van der Waals surface area contributed by atoms with Gasteiger partial charge in [-0.1, -0.05) is 0 Å². The van der Waals surface area contributed by atoms with Crippen LogP contribution in [-0.2, 0) is 11.3 Å². The molecule has 1 aliphatic heterocycles. The van der Waals surface area contributed by atoms with E-state index in [0.717, 1.165) is 18.7 Å². The Balaban J connectivity index is 2.01. The summed E-state index contributed by atoms with van der Waals surface area (Å²) >= 11 is 0. The Morgan fingerprint density at radius 3 is 2.87 bits per heavy atom. The van der Waals surface area contributed by atoms with Crippen LogP contribution in [0.4, 0.5) is 5.82 Å². The molecule has 6 heteroatoms. The largest absolute Gasteiger partial charge is 0.337 e. The third-order valence-electron chi connectivity index (χ3n) is 2.38. The molecule has 0 bridgehead atoms. The van der Waals surface area contributed by atoms with Gasteiger partial charge in [0.1, 0.15) is 0 Å². The zero-order valence-corrected chi connectivity index (χ0v) is 8.31. The Morgan fingerprint density at radius 1 is 1.47 bits per heavy atom. The van der Waals surface area contributed by atoms with Crippen molar-refractivity contribution in [3.8, 4) is 0 Å². The summed E-state index contributed by atoms with van der Waals surface area (Å²) in [5.74, 6) is 5.88. The SMILES string of the molecule is NNc1cnc(CN2CCCC2=O)cn1. The number of nitrogen functional groups attached to an aromatic ring is 1. The molecule has 1 saturated heterocycles. The van der Waals surface area contributed by atoms with Crippen LogP contribution >= 0.6 is 0 Å². The zero-order chi connectivity index (χ0) is 10.7. The smallest absolute Gasteiger partial charge is 0.222 e. The Labute approximate surface area is 87.5 Å². The van der Waals surface area contributed by atoms with Crippen molar-refractivity contribution < 1.29 is 4.79 Å².